The average Bonchev–Trinajstić information content (AvgIpc) is 2.44. The number of nitrogens with one attached hydrogen (secondary N) is 2. The van der Waals surface area contributed by atoms with Crippen molar-refractivity contribution in [3.05, 3.63) is 33.8 Å². The molecule has 0 aliphatic heterocycles. The van der Waals surface area contributed by atoms with Gasteiger partial charge in [0.05, 0.1) is 5.02 Å². The number of imide groups is 1. The predicted octanol–water partition coefficient (Wildman–Crippen LogP) is 2.49. The smallest absolute Gasteiger partial charge is 0.321 e. The Kier molecular flexibility index (Phi) is 8.37. The molecule has 0 radical (unpaired) electrons. The van der Waals surface area contributed by atoms with Gasteiger partial charge in [-0.1, -0.05) is 43.1 Å². The van der Waals surface area contributed by atoms with Gasteiger partial charge in [-0.3, -0.25) is 10.1 Å². The largest absolute Gasteiger partial charge is 0.338 e. The Balaban J connectivity index is 2.36. The molecule has 0 aliphatic rings. The normalized spacial score (nSPS) is 12.1. The lowest BCUT2D eigenvalue weighted by molar-refractivity contribution is -0.682. The molecule has 0 saturated heterocycles. The number of benzene rings is 1. The van der Waals surface area contributed by atoms with Crippen molar-refractivity contribution < 1.29 is 14.9 Å². The highest BCUT2D eigenvalue weighted by Gasteiger charge is 2.16. The van der Waals surface area contributed by atoms with Crippen LogP contribution in [0.1, 0.15) is 38.8 Å². The molecule has 0 heterocycles. The maximum Gasteiger partial charge on any atom is 0.321 e. The number of carbonyl (C=O) groups is 2. The second-order valence-electron chi connectivity index (χ2n) is 5.88. The summed E-state index contributed by atoms with van der Waals surface area (Å²) >= 11 is 12.0. The summed E-state index contributed by atoms with van der Waals surface area (Å²) < 4.78 is 0. The first-order valence-corrected chi connectivity index (χ1v) is 8.41. The maximum atomic E-state index is 11.8. The van der Waals surface area contributed by atoms with E-state index in [4.69, 9.17) is 23.2 Å². The molecule has 0 fully saturated rings. The Labute approximate surface area is 147 Å². The SMILES string of the molecule is CC(C)CCNC(=O)NC(=O)C[NH2+][C@H](C)c1ccc(Cl)cc1Cl. The van der Waals surface area contributed by atoms with Crippen molar-refractivity contribution in [1.29, 1.82) is 0 Å². The molecule has 3 amide bonds. The van der Waals surface area contributed by atoms with Crippen LogP contribution in [0.25, 0.3) is 0 Å². The number of carbonyl (C=O) groups excluding carboxylic acids is 2. The van der Waals surface area contributed by atoms with E-state index in [9.17, 15) is 9.59 Å². The first-order chi connectivity index (χ1) is 10.8. The van der Waals surface area contributed by atoms with E-state index in [1.54, 1.807) is 12.1 Å². The molecular formula is C16H24Cl2N3O2+. The van der Waals surface area contributed by atoms with Gasteiger partial charge in [0.25, 0.3) is 5.91 Å². The fraction of sp³-hybridized carbons (Fsp3) is 0.500. The summed E-state index contributed by atoms with van der Waals surface area (Å²) in [6, 6.07) is 4.79. The first kappa shape index (κ1) is 19.7. The number of nitrogens with two attached hydrogens (primary N) is 1. The van der Waals surface area contributed by atoms with E-state index in [2.05, 4.69) is 24.5 Å². The van der Waals surface area contributed by atoms with Crippen LogP contribution in [0.2, 0.25) is 10.0 Å². The molecule has 0 aromatic heterocycles. The molecule has 1 atom stereocenters. The minimum atomic E-state index is -0.457. The second kappa shape index (κ2) is 9.75. The van der Waals surface area contributed by atoms with Gasteiger partial charge in [0, 0.05) is 17.1 Å². The third-order valence-electron chi connectivity index (χ3n) is 3.37. The lowest BCUT2D eigenvalue weighted by Crippen LogP contribution is -2.87. The van der Waals surface area contributed by atoms with Crippen LogP contribution in [0.4, 0.5) is 4.79 Å². The van der Waals surface area contributed by atoms with Crippen LogP contribution >= 0.6 is 23.2 Å². The number of amides is 3. The third kappa shape index (κ3) is 7.68. The average molecular weight is 361 g/mol. The number of quaternary nitrogens is 1. The number of hydrogen-bond donors (Lipinski definition) is 3. The van der Waals surface area contributed by atoms with E-state index >= 15 is 0 Å². The van der Waals surface area contributed by atoms with E-state index in [0.29, 0.717) is 22.5 Å². The van der Waals surface area contributed by atoms with E-state index in [1.807, 2.05) is 18.3 Å². The zero-order valence-electron chi connectivity index (χ0n) is 13.7. The maximum absolute atomic E-state index is 11.8. The van der Waals surface area contributed by atoms with E-state index in [0.717, 1.165) is 12.0 Å². The van der Waals surface area contributed by atoms with E-state index in [1.165, 1.54) is 0 Å². The van der Waals surface area contributed by atoms with Gasteiger partial charge in [-0.25, -0.2) is 4.79 Å². The molecule has 128 valence electrons. The van der Waals surface area contributed by atoms with Gasteiger partial charge in [-0.2, -0.15) is 0 Å². The Bertz CT molecular complexity index is 550. The molecule has 4 N–H and O–H groups in total. The fourth-order valence-corrected chi connectivity index (χ4v) is 2.56. The van der Waals surface area contributed by atoms with Gasteiger partial charge >= 0.3 is 6.03 Å². The second-order valence-corrected chi connectivity index (χ2v) is 6.72. The van der Waals surface area contributed by atoms with Gasteiger partial charge < -0.3 is 10.6 Å². The van der Waals surface area contributed by atoms with Crippen LogP contribution in [-0.4, -0.2) is 25.0 Å². The monoisotopic (exact) mass is 360 g/mol. The lowest BCUT2D eigenvalue weighted by atomic mass is 10.1. The number of urea groups is 1. The summed E-state index contributed by atoms with van der Waals surface area (Å²) in [5.74, 6) is 0.160. The number of halogens is 2. The van der Waals surface area contributed by atoms with Crippen molar-refractivity contribution in [2.24, 2.45) is 5.92 Å². The standard InChI is InChI=1S/C16H23Cl2N3O2/c1-10(2)6-7-19-16(23)21-15(22)9-20-11(3)13-5-4-12(17)8-14(13)18/h4-5,8,10-11,20H,6-7,9H2,1-3H3,(H2,19,21,22,23)/p+1/t11-/m1/s1. The van der Waals surface area contributed by atoms with Crippen molar-refractivity contribution in [2.75, 3.05) is 13.1 Å². The van der Waals surface area contributed by atoms with Gasteiger partial charge in [-0.15, -0.1) is 0 Å². The van der Waals surface area contributed by atoms with Crippen LogP contribution < -0.4 is 16.0 Å². The Morgan fingerprint density at radius 1 is 1.22 bits per heavy atom. The minimum Gasteiger partial charge on any atom is -0.338 e. The molecular weight excluding hydrogens is 337 g/mol. The van der Waals surface area contributed by atoms with Gasteiger partial charge in [0.15, 0.2) is 6.54 Å². The first-order valence-electron chi connectivity index (χ1n) is 7.65. The summed E-state index contributed by atoms with van der Waals surface area (Å²) in [4.78, 5) is 23.3. The molecule has 1 aromatic rings. The van der Waals surface area contributed by atoms with E-state index < -0.39 is 6.03 Å². The van der Waals surface area contributed by atoms with Crippen LogP contribution in [0.5, 0.6) is 0 Å². The predicted molar refractivity (Wildman–Crippen MR) is 92.7 cm³/mol. The Morgan fingerprint density at radius 3 is 2.52 bits per heavy atom. The molecule has 5 nitrogen and oxygen atoms in total. The summed E-state index contributed by atoms with van der Waals surface area (Å²) in [7, 11) is 0. The molecule has 1 rings (SSSR count). The van der Waals surface area contributed by atoms with Gasteiger partial charge in [-0.05, 0) is 31.4 Å². The van der Waals surface area contributed by atoms with Gasteiger partial charge in [0.2, 0.25) is 0 Å². The molecule has 0 bridgehead atoms. The zero-order valence-corrected chi connectivity index (χ0v) is 15.2. The van der Waals surface area contributed by atoms with Crippen LogP contribution in [-0.2, 0) is 4.79 Å². The van der Waals surface area contributed by atoms with Crippen molar-refractivity contribution in [3.63, 3.8) is 0 Å². The van der Waals surface area contributed by atoms with Crippen molar-refractivity contribution in [2.45, 2.75) is 33.2 Å². The molecule has 1 aromatic carbocycles. The lowest BCUT2D eigenvalue weighted by Gasteiger charge is -2.13. The van der Waals surface area contributed by atoms with E-state index in [-0.39, 0.29) is 18.5 Å². The van der Waals surface area contributed by atoms with Crippen molar-refractivity contribution in [3.8, 4) is 0 Å². The molecule has 0 spiro atoms. The zero-order chi connectivity index (χ0) is 17.4. The summed E-state index contributed by atoms with van der Waals surface area (Å²) in [5.41, 5.74) is 0.894. The van der Waals surface area contributed by atoms with Crippen LogP contribution in [0, 0.1) is 5.92 Å². The van der Waals surface area contributed by atoms with Crippen molar-refractivity contribution in [1.82, 2.24) is 10.6 Å². The molecule has 0 saturated carbocycles. The summed E-state index contributed by atoms with van der Waals surface area (Å²) in [6.07, 6.45) is 0.875. The summed E-state index contributed by atoms with van der Waals surface area (Å²) in [6.45, 7) is 6.77. The topological polar surface area (TPSA) is 74.8 Å². The number of hydrogen-bond acceptors (Lipinski definition) is 2. The Morgan fingerprint density at radius 2 is 1.91 bits per heavy atom. The summed E-state index contributed by atoms with van der Waals surface area (Å²) in [5, 5.41) is 7.91. The highest BCUT2D eigenvalue weighted by Crippen LogP contribution is 2.24. The Hall–Kier alpha value is -1.30. The van der Waals surface area contributed by atoms with Crippen LogP contribution in [0.15, 0.2) is 18.2 Å². The fourth-order valence-electron chi connectivity index (χ4n) is 1.98. The molecule has 0 aliphatic carbocycles. The highest BCUT2D eigenvalue weighted by atomic mass is 35.5. The van der Waals surface area contributed by atoms with Crippen LogP contribution in [0.3, 0.4) is 0 Å². The third-order valence-corrected chi connectivity index (χ3v) is 3.93. The quantitative estimate of drug-likeness (QED) is 0.698. The highest BCUT2D eigenvalue weighted by molar-refractivity contribution is 6.35. The number of rotatable bonds is 7. The molecule has 0 unspecified atom stereocenters. The molecule has 23 heavy (non-hydrogen) atoms. The molecule has 7 heteroatoms. The minimum absolute atomic E-state index is 0.0190. The van der Waals surface area contributed by atoms with Gasteiger partial charge in [0.1, 0.15) is 6.04 Å². The van der Waals surface area contributed by atoms with Crippen molar-refractivity contribution >= 4 is 35.1 Å².